The van der Waals surface area contributed by atoms with Crippen LogP contribution in [0.2, 0.25) is 0 Å². The first kappa shape index (κ1) is 13.2. The third kappa shape index (κ3) is 3.94. The maximum Gasteiger partial charge on any atom is 0.0624 e. The van der Waals surface area contributed by atoms with E-state index in [0.29, 0.717) is 0 Å². The van der Waals surface area contributed by atoms with Gasteiger partial charge in [-0.3, -0.25) is 4.68 Å². The highest BCUT2D eigenvalue weighted by molar-refractivity contribution is 5.11. The topological polar surface area (TPSA) is 47.1 Å². The summed E-state index contributed by atoms with van der Waals surface area (Å²) >= 11 is 0. The Balaban J connectivity index is 2.48. The van der Waals surface area contributed by atoms with Crippen molar-refractivity contribution in [2.75, 3.05) is 20.6 Å². The summed E-state index contributed by atoms with van der Waals surface area (Å²) in [6.07, 6.45) is 2.93. The molecule has 0 radical (unpaired) electrons. The molecule has 1 aromatic heterocycles. The Morgan fingerprint density at radius 3 is 2.69 bits per heavy atom. The minimum absolute atomic E-state index is 0.225. The smallest absolute Gasteiger partial charge is 0.0624 e. The number of nitrogens with zero attached hydrogens (tertiary/aromatic N) is 3. The summed E-state index contributed by atoms with van der Waals surface area (Å²) in [4.78, 5) is 2.17. The van der Waals surface area contributed by atoms with Gasteiger partial charge in [0.15, 0.2) is 0 Å². The highest BCUT2D eigenvalue weighted by Crippen LogP contribution is 2.07. The van der Waals surface area contributed by atoms with Gasteiger partial charge >= 0.3 is 0 Å². The number of rotatable bonds is 6. The quantitative estimate of drug-likeness (QED) is 0.777. The molecule has 0 saturated carbocycles. The first-order chi connectivity index (χ1) is 7.52. The molecule has 0 bridgehead atoms. The van der Waals surface area contributed by atoms with E-state index in [9.17, 15) is 0 Å². The number of aryl methyl sites for hydroxylation is 2. The zero-order valence-corrected chi connectivity index (χ0v) is 10.9. The zero-order chi connectivity index (χ0) is 12.1. The van der Waals surface area contributed by atoms with E-state index in [4.69, 9.17) is 5.73 Å². The van der Waals surface area contributed by atoms with E-state index < -0.39 is 0 Å². The first-order valence-corrected chi connectivity index (χ1v) is 5.95. The number of nitrogens with two attached hydrogens (primary N) is 1. The lowest BCUT2D eigenvalue weighted by molar-refractivity contribution is 0.378. The maximum absolute atomic E-state index is 6.11. The second-order valence-corrected chi connectivity index (χ2v) is 4.66. The third-order valence-electron chi connectivity index (χ3n) is 2.81. The fourth-order valence-electron chi connectivity index (χ4n) is 1.73. The molecule has 0 aromatic carbocycles. The van der Waals surface area contributed by atoms with Crippen molar-refractivity contribution in [2.45, 2.75) is 32.2 Å². The standard InChI is InChI=1S/C12H24N4/c1-5-11-9-12(16(4)14-11)8-10(13)6-7-15(2)3/h9-10H,5-8,13H2,1-4H3. The van der Waals surface area contributed by atoms with Crippen molar-refractivity contribution in [3.8, 4) is 0 Å². The van der Waals surface area contributed by atoms with Crippen molar-refractivity contribution in [1.82, 2.24) is 14.7 Å². The lowest BCUT2D eigenvalue weighted by atomic mass is 10.1. The molecule has 4 nitrogen and oxygen atoms in total. The predicted molar refractivity (Wildman–Crippen MR) is 67.4 cm³/mol. The lowest BCUT2D eigenvalue weighted by Gasteiger charge is -2.15. The van der Waals surface area contributed by atoms with E-state index in [2.05, 4.69) is 37.1 Å². The molecule has 0 aliphatic heterocycles. The summed E-state index contributed by atoms with van der Waals surface area (Å²) in [7, 11) is 6.14. The fourth-order valence-corrected chi connectivity index (χ4v) is 1.73. The molecule has 1 rings (SSSR count). The zero-order valence-electron chi connectivity index (χ0n) is 10.9. The number of hydrogen-bond acceptors (Lipinski definition) is 3. The van der Waals surface area contributed by atoms with Crippen molar-refractivity contribution < 1.29 is 0 Å². The molecule has 0 saturated heterocycles. The Hall–Kier alpha value is -0.870. The van der Waals surface area contributed by atoms with Crippen molar-refractivity contribution in [1.29, 1.82) is 0 Å². The van der Waals surface area contributed by atoms with Crippen LogP contribution in [-0.2, 0) is 19.9 Å². The van der Waals surface area contributed by atoms with Gasteiger partial charge in [-0.1, -0.05) is 6.92 Å². The van der Waals surface area contributed by atoms with Gasteiger partial charge < -0.3 is 10.6 Å². The Morgan fingerprint density at radius 1 is 1.50 bits per heavy atom. The van der Waals surface area contributed by atoms with Crippen molar-refractivity contribution in [2.24, 2.45) is 12.8 Å². The number of hydrogen-bond donors (Lipinski definition) is 1. The van der Waals surface area contributed by atoms with E-state index in [1.165, 1.54) is 5.69 Å². The molecule has 0 fully saturated rings. The summed E-state index contributed by atoms with van der Waals surface area (Å²) < 4.78 is 1.95. The van der Waals surface area contributed by atoms with Crippen LogP contribution in [0.5, 0.6) is 0 Å². The van der Waals surface area contributed by atoms with E-state index in [1.807, 2.05) is 11.7 Å². The van der Waals surface area contributed by atoms with Gasteiger partial charge in [-0.25, -0.2) is 0 Å². The van der Waals surface area contributed by atoms with Crippen LogP contribution in [0.4, 0.5) is 0 Å². The van der Waals surface area contributed by atoms with E-state index in [0.717, 1.165) is 31.5 Å². The molecule has 92 valence electrons. The summed E-state index contributed by atoms with van der Waals surface area (Å²) in [5.41, 5.74) is 8.50. The van der Waals surface area contributed by atoms with E-state index in [1.54, 1.807) is 0 Å². The van der Waals surface area contributed by atoms with Crippen LogP contribution in [0.1, 0.15) is 24.7 Å². The molecule has 0 aliphatic carbocycles. The van der Waals surface area contributed by atoms with Crippen LogP contribution in [0.3, 0.4) is 0 Å². The first-order valence-electron chi connectivity index (χ1n) is 5.95. The van der Waals surface area contributed by atoms with Gasteiger partial charge in [0, 0.05) is 25.2 Å². The third-order valence-corrected chi connectivity index (χ3v) is 2.81. The Morgan fingerprint density at radius 2 is 2.19 bits per heavy atom. The molecule has 1 unspecified atom stereocenters. The predicted octanol–water partition coefficient (Wildman–Crippen LogP) is 0.804. The molecule has 2 N–H and O–H groups in total. The molecule has 0 spiro atoms. The SMILES string of the molecule is CCc1cc(CC(N)CCN(C)C)n(C)n1. The largest absolute Gasteiger partial charge is 0.327 e. The fraction of sp³-hybridized carbons (Fsp3) is 0.750. The summed E-state index contributed by atoms with van der Waals surface area (Å²) in [6.45, 7) is 3.16. The van der Waals surface area contributed by atoms with Gasteiger partial charge in [-0.05, 0) is 39.5 Å². The molecule has 1 atom stereocenters. The molecule has 0 amide bonds. The Bertz CT molecular complexity index is 317. The maximum atomic E-state index is 6.11. The monoisotopic (exact) mass is 224 g/mol. The summed E-state index contributed by atoms with van der Waals surface area (Å²) in [5.74, 6) is 0. The van der Waals surface area contributed by atoms with E-state index >= 15 is 0 Å². The second-order valence-electron chi connectivity index (χ2n) is 4.66. The van der Waals surface area contributed by atoms with Crippen LogP contribution in [-0.4, -0.2) is 41.4 Å². The minimum atomic E-state index is 0.225. The average Bonchev–Trinajstić information content (AvgIpc) is 2.57. The lowest BCUT2D eigenvalue weighted by Crippen LogP contribution is -2.28. The van der Waals surface area contributed by atoms with Gasteiger partial charge in [0.05, 0.1) is 5.69 Å². The average molecular weight is 224 g/mol. The molecule has 4 heteroatoms. The summed E-state index contributed by atoms with van der Waals surface area (Å²) in [6, 6.07) is 2.39. The Labute approximate surface area is 98.4 Å². The van der Waals surface area contributed by atoms with Crippen LogP contribution in [0.25, 0.3) is 0 Å². The second kappa shape index (κ2) is 6.01. The van der Waals surface area contributed by atoms with Crippen LogP contribution in [0.15, 0.2) is 6.07 Å². The van der Waals surface area contributed by atoms with Crippen molar-refractivity contribution >= 4 is 0 Å². The molecule has 1 heterocycles. The normalized spacial score (nSPS) is 13.4. The number of aromatic nitrogens is 2. The van der Waals surface area contributed by atoms with Crippen LogP contribution >= 0.6 is 0 Å². The molecule has 0 aliphatic rings. The van der Waals surface area contributed by atoms with Gasteiger partial charge in [0.2, 0.25) is 0 Å². The molecular formula is C12H24N4. The van der Waals surface area contributed by atoms with Gasteiger partial charge in [-0.15, -0.1) is 0 Å². The molecule has 16 heavy (non-hydrogen) atoms. The Kier molecular flexibility index (Phi) is 4.96. The van der Waals surface area contributed by atoms with Gasteiger partial charge in [0.25, 0.3) is 0 Å². The van der Waals surface area contributed by atoms with Crippen molar-refractivity contribution in [3.63, 3.8) is 0 Å². The van der Waals surface area contributed by atoms with E-state index in [-0.39, 0.29) is 6.04 Å². The van der Waals surface area contributed by atoms with Crippen molar-refractivity contribution in [3.05, 3.63) is 17.5 Å². The molecule has 1 aromatic rings. The minimum Gasteiger partial charge on any atom is -0.327 e. The van der Waals surface area contributed by atoms with Crippen LogP contribution < -0.4 is 5.73 Å². The summed E-state index contributed by atoms with van der Waals surface area (Å²) in [5, 5.41) is 4.43. The van der Waals surface area contributed by atoms with Gasteiger partial charge in [0.1, 0.15) is 0 Å². The van der Waals surface area contributed by atoms with Gasteiger partial charge in [-0.2, -0.15) is 5.10 Å². The highest BCUT2D eigenvalue weighted by atomic mass is 15.3. The highest BCUT2D eigenvalue weighted by Gasteiger charge is 2.09. The molecular weight excluding hydrogens is 200 g/mol. The van der Waals surface area contributed by atoms with Crippen LogP contribution in [0, 0.1) is 0 Å².